The Morgan fingerprint density at radius 2 is 1.22 bits per heavy atom. The number of rotatable bonds is 7. The first-order valence-electron chi connectivity index (χ1n) is 18.4. The number of furan rings is 1. The Morgan fingerprint density at radius 3 is 1.93 bits per heavy atom. The van der Waals surface area contributed by atoms with E-state index >= 15 is 0 Å². The number of pyridine rings is 1. The zero-order chi connectivity index (χ0) is 37.5. The van der Waals surface area contributed by atoms with Crippen LogP contribution in [0.2, 0.25) is 0 Å². The third-order valence-electron chi connectivity index (χ3n) is 9.97. The Balaban J connectivity index is 1.24. The van der Waals surface area contributed by atoms with Gasteiger partial charge in [0.1, 0.15) is 28.4 Å². The third-order valence-corrected chi connectivity index (χ3v) is 9.97. The summed E-state index contributed by atoms with van der Waals surface area (Å²) in [5.41, 5.74) is 10.6. The lowest BCUT2D eigenvalue weighted by atomic mass is 9.83. The van der Waals surface area contributed by atoms with E-state index in [4.69, 9.17) is 19.4 Å². The molecule has 9 rings (SSSR count). The van der Waals surface area contributed by atoms with Gasteiger partial charge in [-0.25, -0.2) is 15.0 Å². The van der Waals surface area contributed by atoms with Gasteiger partial charge in [-0.2, -0.15) is 0 Å². The summed E-state index contributed by atoms with van der Waals surface area (Å²) in [7, 11) is 0. The van der Waals surface area contributed by atoms with Crippen LogP contribution in [0.1, 0.15) is 26.3 Å². The Labute approximate surface area is 320 Å². The van der Waals surface area contributed by atoms with E-state index in [9.17, 15) is 5.11 Å². The SMILES string of the molecule is CC(C)(C)c1cc(-c2ccccc2)cc(-c2nc(-c3cccc(N(c4ccc(-c5ccccc5)cc4)c4ccccn4)c3)c3oc4ccccc4c3n2)c1O. The van der Waals surface area contributed by atoms with Gasteiger partial charge in [0, 0.05) is 34.1 Å². The van der Waals surface area contributed by atoms with E-state index in [2.05, 4.69) is 105 Å². The van der Waals surface area contributed by atoms with Gasteiger partial charge >= 0.3 is 0 Å². The normalized spacial score (nSPS) is 11.6. The molecular formula is C49H38N4O2. The predicted octanol–water partition coefficient (Wildman–Crippen LogP) is 12.9. The van der Waals surface area contributed by atoms with E-state index < -0.39 is 0 Å². The van der Waals surface area contributed by atoms with Gasteiger partial charge < -0.3 is 9.52 Å². The Bertz CT molecular complexity index is 2790. The van der Waals surface area contributed by atoms with Crippen LogP contribution >= 0.6 is 0 Å². The number of benzene rings is 6. The minimum absolute atomic E-state index is 0.166. The van der Waals surface area contributed by atoms with E-state index in [-0.39, 0.29) is 11.2 Å². The molecule has 0 saturated heterocycles. The standard InChI is InChI=1S/C49H38N4O2/c1-49(2,3)41-31-36(33-17-8-5-9-18-33)30-40(46(41)54)48-51-44(47-45(52-48)39-21-10-11-22-42(39)55-47)35-19-14-20-38(29-35)53(43-23-12-13-28-50-43)37-26-24-34(25-27-37)32-15-6-4-7-16-32/h4-31,54H,1-3H3. The van der Waals surface area contributed by atoms with Crippen LogP contribution in [0.3, 0.4) is 0 Å². The maximum absolute atomic E-state index is 12.0. The zero-order valence-corrected chi connectivity index (χ0v) is 30.8. The molecule has 6 heteroatoms. The minimum Gasteiger partial charge on any atom is -0.507 e. The van der Waals surface area contributed by atoms with Crippen molar-refractivity contribution in [3.63, 3.8) is 0 Å². The lowest BCUT2D eigenvalue weighted by Gasteiger charge is -2.25. The summed E-state index contributed by atoms with van der Waals surface area (Å²) in [6.45, 7) is 6.31. The zero-order valence-electron chi connectivity index (χ0n) is 30.8. The van der Waals surface area contributed by atoms with Gasteiger partial charge in [0.15, 0.2) is 11.4 Å². The second-order valence-corrected chi connectivity index (χ2v) is 14.7. The highest BCUT2D eigenvalue weighted by Crippen LogP contribution is 2.44. The van der Waals surface area contributed by atoms with Gasteiger partial charge in [0.05, 0.1) is 5.56 Å². The number of para-hydroxylation sites is 1. The highest BCUT2D eigenvalue weighted by molar-refractivity contribution is 6.07. The van der Waals surface area contributed by atoms with Crippen molar-refractivity contribution < 1.29 is 9.52 Å². The van der Waals surface area contributed by atoms with Crippen LogP contribution in [-0.2, 0) is 5.41 Å². The summed E-state index contributed by atoms with van der Waals surface area (Å²) >= 11 is 0. The van der Waals surface area contributed by atoms with Gasteiger partial charge in [0.2, 0.25) is 0 Å². The van der Waals surface area contributed by atoms with E-state index in [0.717, 1.165) is 56.0 Å². The number of anilines is 3. The molecule has 0 saturated carbocycles. The number of nitrogens with zero attached hydrogens (tertiary/aromatic N) is 4. The van der Waals surface area contributed by atoms with Gasteiger partial charge in [-0.05, 0) is 88.3 Å². The van der Waals surface area contributed by atoms with Crippen molar-refractivity contribution in [2.45, 2.75) is 26.2 Å². The molecule has 0 spiro atoms. The summed E-state index contributed by atoms with van der Waals surface area (Å²) in [5, 5.41) is 12.9. The third kappa shape index (κ3) is 6.38. The van der Waals surface area contributed by atoms with Gasteiger partial charge in [-0.1, -0.05) is 124 Å². The molecule has 6 aromatic carbocycles. The summed E-state index contributed by atoms with van der Waals surface area (Å²) in [5.74, 6) is 1.36. The number of phenols is 1. The lowest BCUT2D eigenvalue weighted by molar-refractivity contribution is 0.448. The first kappa shape index (κ1) is 33.8. The fourth-order valence-corrected chi connectivity index (χ4v) is 7.21. The summed E-state index contributed by atoms with van der Waals surface area (Å²) < 4.78 is 6.54. The van der Waals surface area contributed by atoms with Crippen molar-refractivity contribution in [3.8, 4) is 50.6 Å². The van der Waals surface area contributed by atoms with Crippen molar-refractivity contribution in [2.24, 2.45) is 0 Å². The molecule has 0 amide bonds. The molecule has 9 aromatic rings. The second-order valence-electron chi connectivity index (χ2n) is 14.7. The first-order valence-corrected chi connectivity index (χ1v) is 18.4. The molecule has 1 N–H and O–H groups in total. The average Bonchev–Trinajstić information content (AvgIpc) is 3.60. The van der Waals surface area contributed by atoms with E-state index in [1.807, 2.05) is 84.9 Å². The molecule has 6 nitrogen and oxygen atoms in total. The topological polar surface area (TPSA) is 75.3 Å². The van der Waals surface area contributed by atoms with Crippen LogP contribution in [0.4, 0.5) is 17.2 Å². The maximum atomic E-state index is 12.0. The molecule has 0 unspecified atom stereocenters. The Kier molecular flexibility index (Phi) is 8.43. The highest BCUT2D eigenvalue weighted by Gasteiger charge is 2.26. The summed E-state index contributed by atoms with van der Waals surface area (Å²) in [6, 6.07) is 55.3. The van der Waals surface area contributed by atoms with Crippen molar-refractivity contribution in [1.29, 1.82) is 0 Å². The van der Waals surface area contributed by atoms with Crippen LogP contribution < -0.4 is 4.90 Å². The molecule has 55 heavy (non-hydrogen) atoms. The molecule has 3 heterocycles. The largest absolute Gasteiger partial charge is 0.507 e. The van der Waals surface area contributed by atoms with Crippen LogP contribution in [0.15, 0.2) is 174 Å². The lowest BCUT2D eigenvalue weighted by Crippen LogP contribution is -2.12. The van der Waals surface area contributed by atoms with Gasteiger partial charge in [-0.15, -0.1) is 0 Å². The molecule has 0 aliphatic rings. The molecule has 266 valence electrons. The first-order chi connectivity index (χ1) is 26.8. The molecule has 0 bridgehead atoms. The molecule has 0 aliphatic heterocycles. The van der Waals surface area contributed by atoms with Crippen molar-refractivity contribution >= 4 is 39.3 Å². The predicted molar refractivity (Wildman–Crippen MR) is 224 cm³/mol. The van der Waals surface area contributed by atoms with Gasteiger partial charge in [0.25, 0.3) is 0 Å². The second kappa shape index (κ2) is 13.7. The monoisotopic (exact) mass is 714 g/mol. The summed E-state index contributed by atoms with van der Waals surface area (Å²) in [4.78, 5) is 17.3. The van der Waals surface area contributed by atoms with E-state index in [1.54, 1.807) is 6.20 Å². The Hall–Kier alpha value is -7.05. The molecule has 0 fully saturated rings. The van der Waals surface area contributed by atoms with Crippen molar-refractivity contribution in [3.05, 3.63) is 176 Å². The fraction of sp³-hybridized carbons (Fsp3) is 0.0816. The number of fused-ring (bicyclic) bond motifs is 3. The Morgan fingerprint density at radius 1 is 0.564 bits per heavy atom. The van der Waals surface area contributed by atoms with Crippen molar-refractivity contribution in [1.82, 2.24) is 15.0 Å². The van der Waals surface area contributed by atoms with Crippen LogP contribution in [-0.4, -0.2) is 20.1 Å². The van der Waals surface area contributed by atoms with Crippen molar-refractivity contribution in [2.75, 3.05) is 4.90 Å². The molecule has 3 aromatic heterocycles. The average molecular weight is 715 g/mol. The van der Waals surface area contributed by atoms with Crippen LogP contribution in [0.5, 0.6) is 5.75 Å². The smallest absolute Gasteiger partial charge is 0.180 e. The van der Waals surface area contributed by atoms with E-state index in [0.29, 0.717) is 33.8 Å². The number of aromatic nitrogens is 3. The van der Waals surface area contributed by atoms with E-state index in [1.165, 1.54) is 0 Å². The van der Waals surface area contributed by atoms with Gasteiger partial charge in [-0.3, -0.25) is 4.90 Å². The quantitative estimate of drug-likeness (QED) is 0.177. The minimum atomic E-state index is -0.346. The molecule has 0 radical (unpaired) electrons. The number of phenolic OH excluding ortho intramolecular Hbond substituents is 1. The van der Waals surface area contributed by atoms with Crippen LogP contribution in [0, 0.1) is 0 Å². The highest BCUT2D eigenvalue weighted by atomic mass is 16.3. The summed E-state index contributed by atoms with van der Waals surface area (Å²) in [6.07, 6.45) is 1.81. The van der Waals surface area contributed by atoms with Crippen LogP contribution in [0.25, 0.3) is 67.0 Å². The molecular weight excluding hydrogens is 677 g/mol. The molecule has 0 atom stereocenters. The molecule has 0 aliphatic carbocycles. The number of aromatic hydroxyl groups is 1. The fourth-order valence-electron chi connectivity index (χ4n) is 7.21. The maximum Gasteiger partial charge on any atom is 0.180 e. The number of hydrogen-bond acceptors (Lipinski definition) is 6. The number of hydrogen-bond donors (Lipinski definition) is 1.